The third kappa shape index (κ3) is 3.92. The minimum Gasteiger partial charge on any atom is -0.352 e. The number of H-pyrrole nitrogens is 1. The molecule has 1 atom stereocenters. The molecule has 1 unspecified atom stereocenters. The van der Waals surface area contributed by atoms with E-state index < -0.39 is 0 Å². The van der Waals surface area contributed by atoms with E-state index in [1.807, 2.05) is 31.2 Å². The van der Waals surface area contributed by atoms with E-state index in [1.165, 1.54) is 0 Å². The lowest BCUT2D eigenvalue weighted by Gasteiger charge is -2.14. The van der Waals surface area contributed by atoms with Crippen molar-refractivity contribution in [1.82, 2.24) is 10.3 Å². The smallest absolute Gasteiger partial charge is 0.254 e. The van der Waals surface area contributed by atoms with Crippen LogP contribution in [0.15, 0.2) is 42.6 Å². The standard InChI is InChI=1S/C15H15ClN2OS/c1-10(8-11-4-2-5-12(16)9-11)18-14(19)13-6-3-7-17-15(13)20/h2-7,9-10H,8H2,1H3,(H,17,20)(H,18,19). The highest BCUT2D eigenvalue weighted by molar-refractivity contribution is 7.71. The molecule has 20 heavy (non-hydrogen) atoms. The second-order valence-corrected chi connectivity index (χ2v) is 5.47. The number of benzene rings is 1. The number of carbonyl (C=O) groups is 1. The lowest BCUT2D eigenvalue weighted by Crippen LogP contribution is -2.34. The van der Waals surface area contributed by atoms with Gasteiger partial charge in [0.05, 0.1) is 5.56 Å². The summed E-state index contributed by atoms with van der Waals surface area (Å²) in [6.45, 7) is 1.95. The lowest BCUT2D eigenvalue weighted by atomic mass is 10.1. The van der Waals surface area contributed by atoms with Crippen molar-refractivity contribution in [3.8, 4) is 0 Å². The Morgan fingerprint density at radius 3 is 2.90 bits per heavy atom. The molecular formula is C15H15ClN2OS. The number of hydrogen-bond donors (Lipinski definition) is 2. The molecule has 2 rings (SSSR count). The fourth-order valence-corrected chi connectivity index (χ4v) is 2.41. The van der Waals surface area contributed by atoms with Crippen LogP contribution in [-0.2, 0) is 6.42 Å². The van der Waals surface area contributed by atoms with Crippen LogP contribution in [0.4, 0.5) is 0 Å². The van der Waals surface area contributed by atoms with Crippen LogP contribution in [0.1, 0.15) is 22.8 Å². The summed E-state index contributed by atoms with van der Waals surface area (Å²) >= 11 is 11.0. The minimum absolute atomic E-state index is 0.00410. The molecule has 1 aromatic heterocycles. The quantitative estimate of drug-likeness (QED) is 0.845. The van der Waals surface area contributed by atoms with E-state index in [1.54, 1.807) is 18.3 Å². The minimum atomic E-state index is -0.165. The fraction of sp³-hybridized carbons (Fsp3) is 0.200. The van der Waals surface area contributed by atoms with E-state index >= 15 is 0 Å². The van der Waals surface area contributed by atoms with Gasteiger partial charge >= 0.3 is 0 Å². The van der Waals surface area contributed by atoms with Crippen LogP contribution in [0.5, 0.6) is 0 Å². The number of aromatic amines is 1. The normalized spacial score (nSPS) is 11.9. The number of aromatic nitrogens is 1. The number of hydrogen-bond acceptors (Lipinski definition) is 2. The summed E-state index contributed by atoms with van der Waals surface area (Å²) in [7, 11) is 0. The van der Waals surface area contributed by atoms with Gasteiger partial charge in [0.1, 0.15) is 4.64 Å². The number of amides is 1. The molecule has 0 aliphatic rings. The average Bonchev–Trinajstić information content (AvgIpc) is 2.38. The van der Waals surface area contributed by atoms with E-state index in [-0.39, 0.29) is 11.9 Å². The van der Waals surface area contributed by atoms with Crippen LogP contribution < -0.4 is 5.32 Å². The van der Waals surface area contributed by atoms with Crippen LogP contribution in [-0.4, -0.2) is 16.9 Å². The van der Waals surface area contributed by atoms with E-state index in [0.29, 0.717) is 15.2 Å². The Morgan fingerprint density at radius 2 is 2.20 bits per heavy atom. The molecular weight excluding hydrogens is 292 g/mol. The van der Waals surface area contributed by atoms with E-state index in [4.69, 9.17) is 23.8 Å². The number of rotatable bonds is 4. The highest BCUT2D eigenvalue weighted by atomic mass is 35.5. The summed E-state index contributed by atoms with van der Waals surface area (Å²) in [5.41, 5.74) is 1.57. The van der Waals surface area contributed by atoms with Crippen molar-refractivity contribution < 1.29 is 4.79 Å². The highest BCUT2D eigenvalue weighted by Crippen LogP contribution is 2.12. The van der Waals surface area contributed by atoms with Crippen LogP contribution >= 0.6 is 23.8 Å². The molecule has 1 aromatic carbocycles. The lowest BCUT2D eigenvalue weighted by molar-refractivity contribution is 0.0939. The second-order valence-electron chi connectivity index (χ2n) is 4.62. The molecule has 0 bridgehead atoms. The monoisotopic (exact) mass is 306 g/mol. The predicted octanol–water partition coefficient (Wildman–Crippen LogP) is 3.76. The third-order valence-electron chi connectivity index (χ3n) is 2.87. The van der Waals surface area contributed by atoms with Crippen molar-refractivity contribution >= 4 is 29.7 Å². The van der Waals surface area contributed by atoms with Gasteiger partial charge in [-0.25, -0.2) is 0 Å². The largest absolute Gasteiger partial charge is 0.352 e. The van der Waals surface area contributed by atoms with Gasteiger partial charge in [0.15, 0.2) is 0 Å². The van der Waals surface area contributed by atoms with Gasteiger partial charge in [-0.2, -0.15) is 0 Å². The van der Waals surface area contributed by atoms with Gasteiger partial charge in [0.2, 0.25) is 0 Å². The molecule has 0 fully saturated rings. The number of nitrogens with one attached hydrogen (secondary N) is 2. The molecule has 104 valence electrons. The first kappa shape index (κ1) is 14.8. The first-order valence-electron chi connectivity index (χ1n) is 6.29. The average molecular weight is 307 g/mol. The van der Waals surface area contributed by atoms with Crippen LogP contribution in [0.25, 0.3) is 0 Å². The van der Waals surface area contributed by atoms with E-state index in [0.717, 1.165) is 12.0 Å². The third-order valence-corrected chi connectivity index (χ3v) is 3.44. The van der Waals surface area contributed by atoms with Gasteiger partial charge in [-0.05, 0) is 43.2 Å². The zero-order chi connectivity index (χ0) is 14.5. The first-order valence-corrected chi connectivity index (χ1v) is 7.08. The van der Waals surface area contributed by atoms with Crippen LogP contribution in [0, 0.1) is 4.64 Å². The summed E-state index contributed by atoms with van der Waals surface area (Å²) in [6.07, 6.45) is 2.42. The van der Waals surface area contributed by atoms with Crippen LogP contribution in [0.3, 0.4) is 0 Å². The van der Waals surface area contributed by atoms with Crippen molar-refractivity contribution in [3.63, 3.8) is 0 Å². The maximum absolute atomic E-state index is 12.1. The Balaban J connectivity index is 2.01. The molecule has 2 N–H and O–H groups in total. The molecule has 1 amide bonds. The Bertz CT molecular complexity index is 669. The van der Waals surface area contributed by atoms with Gasteiger partial charge in [0, 0.05) is 17.3 Å². The summed E-state index contributed by atoms with van der Waals surface area (Å²) in [4.78, 5) is 15.0. The molecule has 0 aliphatic heterocycles. The summed E-state index contributed by atoms with van der Waals surface area (Å²) < 4.78 is 0.444. The molecule has 0 radical (unpaired) electrons. The zero-order valence-corrected chi connectivity index (χ0v) is 12.6. The second kappa shape index (κ2) is 6.68. The number of carbonyl (C=O) groups excluding carboxylic acids is 1. The van der Waals surface area contributed by atoms with E-state index in [9.17, 15) is 4.79 Å². The summed E-state index contributed by atoms with van der Waals surface area (Å²) in [5, 5.41) is 3.64. The number of halogens is 1. The Kier molecular flexibility index (Phi) is 4.93. The fourth-order valence-electron chi connectivity index (χ4n) is 1.97. The van der Waals surface area contributed by atoms with Crippen molar-refractivity contribution in [2.45, 2.75) is 19.4 Å². The molecule has 0 saturated carbocycles. The van der Waals surface area contributed by atoms with Crippen molar-refractivity contribution in [3.05, 3.63) is 63.4 Å². The summed E-state index contributed by atoms with van der Waals surface area (Å²) in [5.74, 6) is -0.165. The maximum Gasteiger partial charge on any atom is 0.254 e. The van der Waals surface area contributed by atoms with Gasteiger partial charge in [-0.3, -0.25) is 4.79 Å². The van der Waals surface area contributed by atoms with E-state index in [2.05, 4.69) is 10.3 Å². The van der Waals surface area contributed by atoms with Gasteiger partial charge < -0.3 is 10.3 Å². The topological polar surface area (TPSA) is 44.9 Å². The Morgan fingerprint density at radius 1 is 1.40 bits per heavy atom. The number of pyridine rings is 1. The van der Waals surface area contributed by atoms with Crippen molar-refractivity contribution in [1.29, 1.82) is 0 Å². The zero-order valence-electron chi connectivity index (χ0n) is 11.0. The first-order chi connectivity index (χ1) is 9.56. The van der Waals surface area contributed by atoms with Crippen molar-refractivity contribution in [2.24, 2.45) is 0 Å². The van der Waals surface area contributed by atoms with Crippen LogP contribution in [0.2, 0.25) is 5.02 Å². The molecule has 2 aromatic rings. The Labute approximate surface area is 128 Å². The predicted molar refractivity (Wildman–Crippen MR) is 83.7 cm³/mol. The van der Waals surface area contributed by atoms with Gasteiger partial charge in [-0.1, -0.05) is 36.0 Å². The molecule has 0 spiro atoms. The van der Waals surface area contributed by atoms with Crippen molar-refractivity contribution in [2.75, 3.05) is 0 Å². The van der Waals surface area contributed by atoms with Gasteiger partial charge in [-0.15, -0.1) is 0 Å². The molecule has 1 heterocycles. The highest BCUT2D eigenvalue weighted by Gasteiger charge is 2.11. The van der Waals surface area contributed by atoms with Gasteiger partial charge in [0.25, 0.3) is 5.91 Å². The molecule has 0 saturated heterocycles. The molecule has 5 heteroatoms. The molecule has 3 nitrogen and oxygen atoms in total. The Hall–Kier alpha value is -1.65. The molecule has 0 aliphatic carbocycles. The summed E-state index contributed by atoms with van der Waals surface area (Å²) in [6, 6.07) is 11.1. The maximum atomic E-state index is 12.1. The SMILES string of the molecule is CC(Cc1cccc(Cl)c1)NC(=O)c1ccc[nH]c1=S.